The summed E-state index contributed by atoms with van der Waals surface area (Å²) < 4.78 is 24.1. The quantitative estimate of drug-likeness (QED) is 0.652. The molecule has 0 N–H and O–H groups in total. The number of nitrogens with zero attached hydrogens (tertiary/aromatic N) is 1. The van der Waals surface area contributed by atoms with Gasteiger partial charge in [-0.2, -0.15) is 8.78 Å². The molecule has 1 aliphatic rings. The number of carbonyl (C=O) groups is 1. The Morgan fingerprint density at radius 1 is 1.62 bits per heavy atom. The summed E-state index contributed by atoms with van der Waals surface area (Å²) >= 11 is 0. The van der Waals surface area contributed by atoms with Crippen LogP contribution < -0.4 is 0 Å². The molecule has 1 fully saturated rings. The second-order valence-electron chi connectivity index (χ2n) is 3.50. The first kappa shape index (κ1) is 10.4. The molecule has 0 aromatic carbocycles. The lowest BCUT2D eigenvalue weighted by molar-refractivity contribution is -0.144. The Balaban J connectivity index is 2.46. The topological polar surface area (TPSA) is 20.3 Å². The molecule has 2 nitrogen and oxygen atoms in total. The molecule has 0 aromatic heterocycles. The number of hydrogen-bond donors (Lipinski definition) is 0. The van der Waals surface area contributed by atoms with Crippen LogP contribution in [-0.4, -0.2) is 30.3 Å². The predicted molar refractivity (Wildman–Crippen MR) is 45.6 cm³/mol. The molecule has 0 saturated carbocycles. The Kier molecular flexibility index (Phi) is 3.63. The van der Waals surface area contributed by atoms with Crippen molar-refractivity contribution >= 4 is 5.91 Å². The molecule has 76 valence electrons. The van der Waals surface area contributed by atoms with Gasteiger partial charge in [0.2, 0.25) is 0 Å². The summed E-state index contributed by atoms with van der Waals surface area (Å²) in [6.07, 6.45) is 0.0450. The minimum atomic E-state index is -2.84. The fourth-order valence-corrected chi connectivity index (χ4v) is 1.74. The molecule has 1 rings (SSSR count). The molecule has 1 saturated heterocycles. The zero-order valence-corrected chi connectivity index (χ0v) is 7.80. The Bertz CT molecular complexity index is 184. The monoisotopic (exact) mass is 191 g/mol. The van der Waals surface area contributed by atoms with Crippen LogP contribution in [0.1, 0.15) is 26.2 Å². The maximum absolute atomic E-state index is 12.1. The molecule has 4 heteroatoms. The van der Waals surface area contributed by atoms with E-state index in [1.807, 2.05) is 6.92 Å². The van der Waals surface area contributed by atoms with Gasteiger partial charge in [0.1, 0.15) is 0 Å². The highest BCUT2D eigenvalue weighted by Crippen LogP contribution is 2.20. The van der Waals surface area contributed by atoms with Gasteiger partial charge in [-0.1, -0.05) is 13.3 Å². The summed E-state index contributed by atoms with van der Waals surface area (Å²) in [4.78, 5) is 12.2. The van der Waals surface area contributed by atoms with Gasteiger partial charge in [-0.3, -0.25) is 4.79 Å². The largest absolute Gasteiger partial charge is 0.337 e. The number of hydrogen-bond acceptors (Lipinski definition) is 1. The van der Waals surface area contributed by atoms with Gasteiger partial charge in [0.15, 0.2) is 0 Å². The van der Waals surface area contributed by atoms with Gasteiger partial charge in [-0.15, -0.1) is 0 Å². The molecule has 0 radical (unpaired) electrons. The van der Waals surface area contributed by atoms with Crippen LogP contribution >= 0.6 is 0 Å². The van der Waals surface area contributed by atoms with Crippen molar-refractivity contribution in [3.63, 3.8) is 0 Å². The van der Waals surface area contributed by atoms with Crippen molar-refractivity contribution in [3.8, 4) is 0 Å². The molecular weight excluding hydrogens is 176 g/mol. The second-order valence-corrected chi connectivity index (χ2v) is 3.50. The number of likely N-dealkylation sites (tertiary alicyclic amines) is 1. The molecule has 13 heavy (non-hydrogen) atoms. The fraction of sp³-hybridized carbons (Fsp3) is 0.889. The smallest absolute Gasteiger partial charge is 0.315 e. The van der Waals surface area contributed by atoms with Crippen LogP contribution in [0.5, 0.6) is 0 Å². The number of alkyl halides is 2. The van der Waals surface area contributed by atoms with Crippen molar-refractivity contribution in [1.29, 1.82) is 0 Å². The van der Waals surface area contributed by atoms with Crippen LogP contribution in [-0.2, 0) is 4.79 Å². The summed E-state index contributed by atoms with van der Waals surface area (Å²) in [5, 5.41) is 0. The van der Waals surface area contributed by atoms with Crippen LogP contribution in [0, 0.1) is 5.92 Å². The molecule has 1 heterocycles. The minimum absolute atomic E-state index is 0.413. The van der Waals surface area contributed by atoms with Crippen molar-refractivity contribution in [2.75, 3.05) is 13.1 Å². The summed E-state index contributed by atoms with van der Waals surface area (Å²) in [6, 6.07) is 0. The second kappa shape index (κ2) is 4.53. The predicted octanol–water partition coefficient (Wildman–Crippen LogP) is 1.90. The molecular formula is C9H15F2NO. The van der Waals surface area contributed by atoms with Gasteiger partial charge < -0.3 is 4.90 Å². The molecule has 1 unspecified atom stereocenters. The van der Waals surface area contributed by atoms with Gasteiger partial charge in [0, 0.05) is 13.1 Å². The lowest BCUT2D eigenvalue weighted by Gasteiger charge is -2.31. The van der Waals surface area contributed by atoms with E-state index in [0.717, 1.165) is 19.3 Å². The van der Waals surface area contributed by atoms with Crippen molar-refractivity contribution in [1.82, 2.24) is 4.90 Å². The standard InChI is InChI=1S/C9H15F2NO/c1-2-7-4-3-5-12(6-7)9(13)8(10)11/h7-8H,2-6H2,1H3. The van der Waals surface area contributed by atoms with Crippen molar-refractivity contribution in [2.45, 2.75) is 32.6 Å². The summed E-state index contributed by atoms with van der Waals surface area (Å²) in [5.41, 5.74) is 0. The minimum Gasteiger partial charge on any atom is -0.337 e. The Morgan fingerprint density at radius 2 is 2.31 bits per heavy atom. The van der Waals surface area contributed by atoms with Crippen molar-refractivity contribution in [2.24, 2.45) is 5.92 Å². The average Bonchev–Trinajstić information content (AvgIpc) is 2.16. The Morgan fingerprint density at radius 3 is 2.85 bits per heavy atom. The van der Waals surface area contributed by atoms with E-state index in [1.54, 1.807) is 0 Å². The zero-order valence-electron chi connectivity index (χ0n) is 7.80. The molecule has 0 spiro atoms. The SMILES string of the molecule is CCC1CCCN(C(=O)C(F)F)C1. The highest BCUT2D eigenvalue weighted by atomic mass is 19.3. The third-order valence-electron chi connectivity index (χ3n) is 2.59. The fourth-order valence-electron chi connectivity index (χ4n) is 1.74. The van der Waals surface area contributed by atoms with Crippen LogP contribution in [0.4, 0.5) is 8.78 Å². The van der Waals surface area contributed by atoms with Crippen LogP contribution in [0.25, 0.3) is 0 Å². The lowest BCUT2D eigenvalue weighted by Crippen LogP contribution is -2.42. The summed E-state index contributed by atoms with van der Waals surface area (Å²) in [5.74, 6) is -0.588. The first-order valence-electron chi connectivity index (χ1n) is 4.72. The van der Waals surface area contributed by atoms with E-state index in [4.69, 9.17) is 0 Å². The van der Waals surface area contributed by atoms with Crippen LogP contribution in [0.2, 0.25) is 0 Å². The maximum Gasteiger partial charge on any atom is 0.315 e. The number of piperidine rings is 1. The number of halogens is 2. The lowest BCUT2D eigenvalue weighted by atomic mass is 9.96. The van der Waals surface area contributed by atoms with Gasteiger partial charge in [-0.05, 0) is 18.8 Å². The van der Waals surface area contributed by atoms with Crippen molar-refractivity contribution < 1.29 is 13.6 Å². The van der Waals surface area contributed by atoms with Gasteiger partial charge in [-0.25, -0.2) is 0 Å². The summed E-state index contributed by atoms with van der Waals surface area (Å²) in [6.45, 7) is 3.04. The van der Waals surface area contributed by atoms with E-state index in [2.05, 4.69) is 0 Å². The molecule has 0 aliphatic carbocycles. The number of amides is 1. The molecule has 1 amide bonds. The van der Waals surface area contributed by atoms with E-state index in [-0.39, 0.29) is 0 Å². The van der Waals surface area contributed by atoms with Gasteiger partial charge in [0.25, 0.3) is 5.91 Å². The average molecular weight is 191 g/mol. The molecule has 0 bridgehead atoms. The van der Waals surface area contributed by atoms with Gasteiger partial charge >= 0.3 is 6.43 Å². The third kappa shape index (κ3) is 2.64. The van der Waals surface area contributed by atoms with Crippen LogP contribution in [0.3, 0.4) is 0 Å². The molecule has 1 atom stereocenters. The van der Waals surface area contributed by atoms with Crippen LogP contribution in [0.15, 0.2) is 0 Å². The highest BCUT2D eigenvalue weighted by molar-refractivity contribution is 5.79. The van der Waals surface area contributed by atoms with E-state index in [0.29, 0.717) is 19.0 Å². The normalized spacial score (nSPS) is 23.7. The summed E-state index contributed by atoms with van der Waals surface area (Å²) in [7, 11) is 0. The highest BCUT2D eigenvalue weighted by Gasteiger charge is 2.27. The zero-order chi connectivity index (χ0) is 9.84. The number of rotatable bonds is 2. The van der Waals surface area contributed by atoms with Gasteiger partial charge in [0.05, 0.1) is 0 Å². The van der Waals surface area contributed by atoms with E-state index in [9.17, 15) is 13.6 Å². The van der Waals surface area contributed by atoms with E-state index < -0.39 is 12.3 Å². The van der Waals surface area contributed by atoms with E-state index >= 15 is 0 Å². The Hall–Kier alpha value is -0.670. The third-order valence-corrected chi connectivity index (χ3v) is 2.59. The van der Waals surface area contributed by atoms with E-state index in [1.165, 1.54) is 4.90 Å². The maximum atomic E-state index is 12.1. The molecule has 1 aliphatic heterocycles. The first-order valence-corrected chi connectivity index (χ1v) is 4.72. The Labute approximate surface area is 76.9 Å². The van der Waals surface area contributed by atoms with Crippen molar-refractivity contribution in [3.05, 3.63) is 0 Å². The first-order chi connectivity index (χ1) is 6.15. The molecule has 0 aromatic rings. The number of carbonyl (C=O) groups excluding carboxylic acids is 1.